The van der Waals surface area contributed by atoms with E-state index in [-0.39, 0.29) is 5.82 Å². The first kappa shape index (κ1) is 10.8. The molecule has 0 bridgehead atoms. The molecule has 2 nitrogen and oxygen atoms in total. The molecule has 1 aromatic rings. The van der Waals surface area contributed by atoms with Gasteiger partial charge in [0.05, 0.1) is 0 Å². The second kappa shape index (κ2) is 4.86. The van der Waals surface area contributed by atoms with E-state index in [0.717, 1.165) is 17.2 Å². The fourth-order valence-corrected chi connectivity index (χ4v) is 2.82. The highest BCUT2D eigenvalue weighted by Gasteiger charge is 2.14. The maximum atomic E-state index is 13.0. The van der Waals surface area contributed by atoms with Crippen LogP contribution in [0.2, 0.25) is 0 Å². The van der Waals surface area contributed by atoms with Crippen molar-refractivity contribution in [3.8, 4) is 0 Å². The zero-order chi connectivity index (χ0) is 10.7. The van der Waals surface area contributed by atoms with Gasteiger partial charge < -0.3 is 11.1 Å². The van der Waals surface area contributed by atoms with Crippen LogP contribution in [0, 0.1) is 5.82 Å². The average molecular weight is 226 g/mol. The molecule has 0 saturated carbocycles. The molecule has 1 heterocycles. The van der Waals surface area contributed by atoms with Crippen LogP contribution in [0.3, 0.4) is 0 Å². The summed E-state index contributed by atoms with van der Waals surface area (Å²) in [5, 5.41) is 3.41. The van der Waals surface area contributed by atoms with Gasteiger partial charge in [0.15, 0.2) is 0 Å². The van der Waals surface area contributed by atoms with Gasteiger partial charge in [-0.1, -0.05) is 0 Å². The van der Waals surface area contributed by atoms with Crippen molar-refractivity contribution < 1.29 is 4.39 Å². The van der Waals surface area contributed by atoms with Gasteiger partial charge in [-0.15, -0.1) is 11.8 Å². The Hall–Kier alpha value is -0.740. The lowest BCUT2D eigenvalue weighted by Crippen LogP contribution is -2.23. The topological polar surface area (TPSA) is 38.0 Å². The quantitative estimate of drug-likeness (QED) is 0.613. The van der Waals surface area contributed by atoms with E-state index in [1.54, 1.807) is 17.8 Å². The van der Waals surface area contributed by atoms with E-state index in [1.165, 1.54) is 25.0 Å². The third kappa shape index (κ3) is 2.86. The Morgan fingerprint density at radius 3 is 3.13 bits per heavy atom. The molecule has 2 rings (SSSR count). The minimum Gasteiger partial charge on any atom is -0.398 e. The lowest BCUT2D eigenvalue weighted by Gasteiger charge is -2.10. The van der Waals surface area contributed by atoms with Crippen molar-refractivity contribution >= 4 is 17.4 Å². The van der Waals surface area contributed by atoms with Crippen molar-refractivity contribution in [3.63, 3.8) is 0 Å². The largest absolute Gasteiger partial charge is 0.398 e. The lowest BCUT2D eigenvalue weighted by atomic mass is 10.3. The van der Waals surface area contributed by atoms with Crippen LogP contribution in [0.1, 0.15) is 12.8 Å². The molecule has 0 unspecified atom stereocenters. The van der Waals surface area contributed by atoms with Crippen molar-refractivity contribution in [2.24, 2.45) is 0 Å². The molecular weight excluding hydrogens is 211 g/mol. The van der Waals surface area contributed by atoms with Gasteiger partial charge in [-0.25, -0.2) is 4.39 Å². The fourth-order valence-electron chi connectivity index (χ4n) is 1.72. The first-order chi connectivity index (χ1) is 7.25. The molecule has 0 aliphatic carbocycles. The predicted octanol–water partition coefficient (Wildman–Crippen LogP) is 2.25. The van der Waals surface area contributed by atoms with Crippen molar-refractivity contribution in [2.45, 2.75) is 23.8 Å². The highest BCUT2D eigenvalue weighted by molar-refractivity contribution is 7.99. The third-order valence-corrected chi connectivity index (χ3v) is 3.81. The molecule has 0 spiro atoms. The molecule has 4 heteroatoms. The number of rotatable bonds is 3. The summed E-state index contributed by atoms with van der Waals surface area (Å²) in [4.78, 5) is 0.851. The highest BCUT2D eigenvalue weighted by Crippen LogP contribution is 2.27. The van der Waals surface area contributed by atoms with Gasteiger partial charge in [0.2, 0.25) is 0 Å². The molecule has 1 aliphatic heterocycles. The molecule has 1 aromatic carbocycles. The Balaban J connectivity index is 1.94. The SMILES string of the molecule is Nc1ccc(F)cc1SC[C@@H]1CCCN1. The zero-order valence-corrected chi connectivity index (χ0v) is 9.32. The summed E-state index contributed by atoms with van der Waals surface area (Å²) in [6, 6.07) is 5.08. The normalized spacial score (nSPS) is 20.7. The van der Waals surface area contributed by atoms with Crippen molar-refractivity contribution in [1.82, 2.24) is 5.32 Å². The molecule has 1 saturated heterocycles. The molecule has 0 amide bonds. The molecule has 1 aliphatic rings. The van der Waals surface area contributed by atoms with E-state index in [0.29, 0.717) is 11.7 Å². The Labute approximate surface area is 93.4 Å². The zero-order valence-electron chi connectivity index (χ0n) is 8.50. The van der Waals surface area contributed by atoms with Gasteiger partial charge in [-0.3, -0.25) is 0 Å². The van der Waals surface area contributed by atoms with Crippen LogP contribution >= 0.6 is 11.8 Å². The van der Waals surface area contributed by atoms with Gasteiger partial charge >= 0.3 is 0 Å². The first-order valence-electron chi connectivity index (χ1n) is 5.17. The third-order valence-electron chi connectivity index (χ3n) is 2.58. The number of hydrogen-bond donors (Lipinski definition) is 2. The van der Waals surface area contributed by atoms with E-state index in [9.17, 15) is 4.39 Å². The number of benzene rings is 1. The summed E-state index contributed by atoms with van der Waals surface area (Å²) >= 11 is 1.63. The Bertz CT molecular complexity index is 337. The molecule has 15 heavy (non-hydrogen) atoms. The van der Waals surface area contributed by atoms with Crippen LogP contribution in [0.15, 0.2) is 23.1 Å². The molecule has 0 radical (unpaired) electrons. The number of nitrogens with two attached hydrogens (primary N) is 1. The molecule has 0 aromatic heterocycles. The second-order valence-electron chi connectivity index (χ2n) is 3.79. The van der Waals surface area contributed by atoms with Crippen LogP contribution in [0.5, 0.6) is 0 Å². The summed E-state index contributed by atoms with van der Waals surface area (Å²) < 4.78 is 13.0. The number of halogens is 1. The fraction of sp³-hybridized carbons (Fsp3) is 0.455. The average Bonchev–Trinajstić information content (AvgIpc) is 2.72. The monoisotopic (exact) mass is 226 g/mol. The number of anilines is 1. The van der Waals surface area contributed by atoms with Gasteiger partial charge in [0.25, 0.3) is 0 Å². The molecule has 3 N–H and O–H groups in total. The number of thioether (sulfide) groups is 1. The summed E-state index contributed by atoms with van der Waals surface area (Å²) in [6.07, 6.45) is 2.45. The predicted molar refractivity (Wildman–Crippen MR) is 62.6 cm³/mol. The minimum absolute atomic E-state index is 0.217. The standard InChI is InChI=1S/C11H15FN2S/c12-8-3-4-10(13)11(6-8)15-7-9-2-1-5-14-9/h3-4,6,9,14H,1-2,5,7,13H2/t9-/m0/s1. The van der Waals surface area contributed by atoms with Crippen LogP contribution in [0.4, 0.5) is 10.1 Å². The van der Waals surface area contributed by atoms with Crippen LogP contribution in [0.25, 0.3) is 0 Å². The van der Waals surface area contributed by atoms with Gasteiger partial charge in [0, 0.05) is 22.4 Å². The van der Waals surface area contributed by atoms with E-state index in [1.807, 2.05) is 0 Å². The van der Waals surface area contributed by atoms with Gasteiger partial charge in [-0.2, -0.15) is 0 Å². The smallest absolute Gasteiger partial charge is 0.124 e. The lowest BCUT2D eigenvalue weighted by molar-refractivity contribution is 0.624. The summed E-state index contributed by atoms with van der Waals surface area (Å²) in [5.41, 5.74) is 6.43. The first-order valence-corrected chi connectivity index (χ1v) is 6.15. The highest BCUT2D eigenvalue weighted by atomic mass is 32.2. The molecule has 1 atom stereocenters. The number of hydrogen-bond acceptors (Lipinski definition) is 3. The number of nitrogens with one attached hydrogen (secondary N) is 1. The summed E-state index contributed by atoms with van der Waals surface area (Å²) in [7, 11) is 0. The van der Waals surface area contributed by atoms with Crippen LogP contribution in [-0.2, 0) is 0 Å². The van der Waals surface area contributed by atoms with Gasteiger partial charge in [0.1, 0.15) is 5.82 Å². The Morgan fingerprint density at radius 1 is 1.53 bits per heavy atom. The summed E-state index contributed by atoms with van der Waals surface area (Å²) in [5.74, 6) is 0.749. The van der Waals surface area contributed by atoms with E-state index in [4.69, 9.17) is 5.73 Å². The van der Waals surface area contributed by atoms with Crippen LogP contribution in [-0.4, -0.2) is 18.3 Å². The van der Waals surface area contributed by atoms with Crippen molar-refractivity contribution in [1.29, 1.82) is 0 Å². The Kier molecular flexibility index (Phi) is 3.49. The molecular formula is C11H15FN2S. The van der Waals surface area contributed by atoms with E-state index < -0.39 is 0 Å². The Morgan fingerprint density at radius 2 is 2.40 bits per heavy atom. The molecule has 1 fully saturated rings. The maximum Gasteiger partial charge on any atom is 0.124 e. The maximum absolute atomic E-state index is 13.0. The van der Waals surface area contributed by atoms with Crippen molar-refractivity contribution in [2.75, 3.05) is 18.0 Å². The van der Waals surface area contributed by atoms with Crippen LogP contribution < -0.4 is 11.1 Å². The van der Waals surface area contributed by atoms with Gasteiger partial charge in [-0.05, 0) is 37.6 Å². The van der Waals surface area contributed by atoms with E-state index in [2.05, 4.69) is 5.32 Å². The minimum atomic E-state index is -0.217. The number of nitrogen functional groups attached to an aromatic ring is 1. The molecule has 82 valence electrons. The second-order valence-corrected chi connectivity index (χ2v) is 4.85. The van der Waals surface area contributed by atoms with Crippen molar-refractivity contribution in [3.05, 3.63) is 24.0 Å². The summed E-state index contributed by atoms with van der Waals surface area (Å²) in [6.45, 7) is 1.10. The van der Waals surface area contributed by atoms with E-state index >= 15 is 0 Å².